The number of imidazole rings is 1. The van der Waals surface area contributed by atoms with Crippen molar-refractivity contribution >= 4 is 32.8 Å². The summed E-state index contributed by atoms with van der Waals surface area (Å²) in [6.07, 6.45) is 5.20. The second-order valence-electron chi connectivity index (χ2n) is 20.7. The predicted octanol–water partition coefficient (Wildman–Crippen LogP) is 18.5. The molecule has 0 bridgehead atoms. The second-order valence-corrected chi connectivity index (χ2v) is 20.7. The summed E-state index contributed by atoms with van der Waals surface area (Å²) in [4.78, 5) is 4.82. The minimum absolute atomic E-state index is 0. The minimum atomic E-state index is -1.17. The van der Waals surface area contributed by atoms with Crippen LogP contribution in [0.3, 0.4) is 0 Å². The molecular formula is C74H58N4OPt-2. The molecule has 0 fully saturated rings. The van der Waals surface area contributed by atoms with Crippen molar-refractivity contribution in [1.82, 2.24) is 14.1 Å². The van der Waals surface area contributed by atoms with Gasteiger partial charge in [-0.2, -0.15) is 18.2 Å². The summed E-state index contributed by atoms with van der Waals surface area (Å²) in [6.45, 7) is 11.7. The summed E-state index contributed by atoms with van der Waals surface area (Å²) >= 11 is 0. The van der Waals surface area contributed by atoms with Crippen molar-refractivity contribution in [3.05, 3.63) is 272 Å². The average Bonchev–Trinajstić information content (AvgIpc) is 1.65. The second kappa shape index (κ2) is 21.1. The first-order chi connectivity index (χ1) is 48.0. The standard InChI is InChI=1S/C74H58N4O.Pt/c1-73(2,3)59-38-39-75-71(46-59)78-67-33-20-19-32-63(67)64-36-35-62(48-69(64)78)79-61-31-21-30-60(47-61)76-49-77(68-37-34-54(45-70(68)76)50-22-11-7-12-23-50)72-65(43-57(44-66(72)74(4,5)6)53-28-17-10-18-29-53)58-41-55(51-24-13-8-14-25-51)40-56(42-58)52-26-15-9-16-27-52;/h7-46H,1-6H3;/q-2;/i7D,8D,9D,10D,11D,12D,13D,14D,15D,16D,17D,18D,22D,23D,24D,25D,26D,27D,28D,29D,40D,41D,42D;. The number of benzene rings is 10. The van der Waals surface area contributed by atoms with Gasteiger partial charge in [-0.1, -0.05) is 204 Å². The average molecular weight is 1240 g/mol. The fourth-order valence-corrected chi connectivity index (χ4v) is 9.71. The van der Waals surface area contributed by atoms with Crippen molar-refractivity contribution in [3.63, 3.8) is 0 Å². The van der Waals surface area contributed by atoms with Crippen molar-refractivity contribution in [3.8, 4) is 84.3 Å². The number of rotatable bonds is 10. The van der Waals surface area contributed by atoms with E-state index in [4.69, 9.17) is 28.9 Å². The Kier molecular flexibility index (Phi) is 8.33. The molecule has 0 aliphatic carbocycles. The Balaban J connectivity index is 0.00001000. The first-order valence-corrected chi connectivity index (χ1v) is 25.2. The number of para-hydroxylation sites is 1. The SMILES string of the molecule is [2H]c1c([2H])c([2H])c(-c2cc(-c3c([2H])c(-c4c([2H])c([2H])c([2H])c([2H])c4[2H])c([2H])c(-c4c([2H])c([2H])c([2H])c([2H])c4[2H])c3[2H])c(-[n+]3[c-]n(-c4[c-]c(Oc5[c-]c6c(cc5)c5ccccc5n6-c5cc(C(C)(C)C)ccn5)ccc4)c4cc(-c5c([2H])c([2H])c([2H])c([2H])c5[2H])ccc43)c(C(C)(C)C)c2)c([2H])c1[2H].[Pt]. The van der Waals surface area contributed by atoms with Crippen molar-refractivity contribution in [2.45, 2.75) is 52.4 Å². The maximum absolute atomic E-state index is 10.4. The van der Waals surface area contributed by atoms with Crippen LogP contribution in [-0.4, -0.2) is 14.1 Å². The predicted molar refractivity (Wildman–Crippen MR) is 325 cm³/mol. The molecule has 5 nitrogen and oxygen atoms in total. The van der Waals surface area contributed by atoms with E-state index in [0.717, 1.165) is 21.9 Å². The van der Waals surface area contributed by atoms with Crippen molar-refractivity contribution < 1.29 is 61.9 Å². The normalized spacial score (nSPS) is 15.8. The fourth-order valence-electron chi connectivity index (χ4n) is 9.71. The summed E-state index contributed by atoms with van der Waals surface area (Å²) in [5, 5.41) is 1.80. The zero-order valence-corrected chi connectivity index (χ0v) is 46.1. The summed E-state index contributed by atoms with van der Waals surface area (Å²) in [6, 6.07) is 16.8. The molecule has 3 aromatic heterocycles. The molecule has 0 aliphatic rings. The molecule has 0 radical (unpaired) electrons. The van der Waals surface area contributed by atoms with Crippen LogP contribution in [0.4, 0.5) is 0 Å². The van der Waals surface area contributed by atoms with Crippen LogP contribution in [-0.2, 0) is 31.9 Å². The number of hydrogen-bond donors (Lipinski definition) is 0. The van der Waals surface area contributed by atoms with Gasteiger partial charge in [-0.3, -0.25) is 4.57 Å². The van der Waals surface area contributed by atoms with E-state index >= 15 is 0 Å². The largest absolute Gasteiger partial charge is 0.510 e. The van der Waals surface area contributed by atoms with Crippen LogP contribution in [0.1, 0.15) is 84.2 Å². The number of pyridine rings is 1. The first-order valence-electron chi connectivity index (χ1n) is 36.7. The third-order valence-corrected chi connectivity index (χ3v) is 13.5. The van der Waals surface area contributed by atoms with Crippen LogP contribution < -0.4 is 9.30 Å². The maximum Gasteiger partial charge on any atom is 0.268 e. The Morgan fingerprint density at radius 2 is 1.10 bits per heavy atom. The zero-order valence-electron chi connectivity index (χ0n) is 66.8. The van der Waals surface area contributed by atoms with Crippen LogP contribution in [0, 0.1) is 18.5 Å². The molecule has 3 heterocycles. The summed E-state index contributed by atoms with van der Waals surface area (Å²) in [7, 11) is 0. The number of hydrogen-bond acceptors (Lipinski definition) is 2. The first kappa shape index (κ1) is 31.6. The van der Waals surface area contributed by atoms with Gasteiger partial charge in [0.15, 0.2) is 0 Å². The van der Waals surface area contributed by atoms with Crippen LogP contribution in [0.15, 0.2) is 242 Å². The van der Waals surface area contributed by atoms with E-state index < -0.39 is 172 Å². The minimum Gasteiger partial charge on any atom is -0.510 e. The summed E-state index contributed by atoms with van der Waals surface area (Å²) < 4.78 is 221. The van der Waals surface area contributed by atoms with Gasteiger partial charge >= 0.3 is 0 Å². The topological polar surface area (TPSA) is 35.9 Å². The Labute approximate surface area is 515 Å². The van der Waals surface area contributed by atoms with Gasteiger partial charge in [0.1, 0.15) is 5.82 Å². The van der Waals surface area contributed by atoms with Gasteiger partial charge in [-0.05, 0) is 137 Å². The monoisotopic (exact) mass is 1240 g/mol. The molecule has 13 rings (SSSR count). The van der Waals surface area contributed by atoms with Gasteiger partial charge in [0, 0.05) is 44.3 Å². The molecule has 0 spiro atoms. The summed E-state index contributed by atoms with van der Waals surface area (Å²) in [5.74, 6) is 1.07. The van der Waals surface area contributed by atoms with Crippen molar-refractivity contribution in [2.24, 2.45) is 0 Å². The van der Waals surface area contributed by atoms with Crippen LogP contribution in [0.2, 0.25) is 0 Å². The molecule has 392 valence electrons. The molecule has 0 unspecified atom stereocenters. The Bertz CT molecular complexity index is 5620. The van der Waals surface area contributed by atoms with E-state index in [1.807, 2.05) is 47.0 Å². The maximum atomic E-state index is 10.4. The quantitative estimate of drug-likeness (QED) is 0.101. The zero-order chi connectivity index (χ0) is 73.8. The van der Waals surface area contributed by atoms with Crippen LogP contribution in [0.5, 0.6) is 11.5 Å². The Hall–Kier alpha value is -8.89. The number of nitrogens with zero attached hydrogens (tertiary/aromatic N) is 4. The molecule has 0 aliphatic heterocycles. The Morgan fingerprint density at radius 3 is 1.74 bits per heavy atom. The number of fused-ring (bicyclic) bond motifs is 4. The van der Waals surface area contributed by atoms with E-state index in [1.54, 1.807) is 69.4 Å². The van der Waals surface area contributed by atoms with E-state index in [-0.39, 0.29) is 93.8 Å². The van der Waals surface area contributed by atoms with Gasteiger partial charge in [0.05, 0.1) is 48.2 Å². The number of ether oxygens (including phenoxy) is 1. The van der Waals surface area contributed by atoms with Crippen LogP contribution >= 0.6 is 0 Å². The van der Waals surface area contributed by atoms with Gasteiger partial charge < -0.3 is 13.9 Å². The molecular weight excluding hydrogens is 1160 g/mol. The molecule has 0 atom stereocenters. The van der Waals surface area contributed by atoms with E-state index in [1.165, 1.54) is 21.3 Å². The smallest absolute Gasteiger partial charge is 0.268 e. The van der Waals surface area contributed by atoms with Gasteiger partial charge in [-0.15, -0.1) is 29.7 Å². The van der Waals surface area contributed by atoms with E-state index in [9.17, 15) is 12.3 Å². The molecule has 0 saturated heterocycles. The van der Waals surface area contributed by atoms with Crippen LogP contribution in [0.25, 0.3) is 106 Å². The third-order valence-electron chi connectivity index (χ3n) is 13.5. The molecule has 0 N–H and O–H groups in total. The molecule has 0 saturated carbocycles. The van der Waals surface area contributed by atoms with Crippen molar-refractivity contribution in [2.75, 3.05) is 0 Å². The van der Waals surface area contributed by atoms with E-state index in [0.29, 0.717) is 11.3 Å². The number of aromatic nitrogens is 4. The molecule has 13 aromatic rings. The molecule has 80 heavy (non-hydrogen) atoms. The molecule has 0 amide bonds. The molecule has 6 heteroatoms. The van der Waals surface area contributed by atoms with Gasteiger partial charge in [0.2, 0.25) is 0 Å². The fraction of sp³-hybridized carbons (Fsp3) is 0.108. The third kappa shape index (κ3) is 9.88. The van der Waals surface area contributed by atoms with Gasteiger partial charge in [-0.25, -0.2) is 4.98 Å². The Morgan fingerprint density at radius 1 is 0.500 bits per heavy atom. The molecule has 10 aromatic carbocycles. The van der Waals surface area contributed by atoms with Crippen molar-refractivity contribution in [1.29, 1.82) is 0 Å². The summed E-state index contributed by atoms with van der Waals surface area (Å²) in [5.41, 5.74) is -2.31. The van der Waals surface area contributed by atoms with Gasteiger partial charge in [0.25, 0.3) is 6.33 Å². The van der Waals surface area contributed by atoms with E-state index in [2.05, 4.69) is 39.2 Å².